The topological polar surface area (TPSA) is 95.7 Å². The van der Waals surface area contributed by atoms with Gasteiger partial charge >= 0.3 is 0 Å². The molecule has 1 atom stereocenters. The van der Waals surface area contributed by atoms with E-state index in [4.69, 9.17) is 9.47 Å². The van der Waals surface area contributed by atoms with Gasteiger partial charge in [0.25, 0.3) is 5.91 Å². The number of nitrogens with one attached hydrogen (secondary N) is 1. The molecule has 0 radical (unpaired) electrons. The van der Waals surface area contributed by atoms with Gasteiger partial charge in [-0.3, -0.25) is 14.6 Å². The summed E-state index contributed by atoms with van der Waals surface area (Å²) in [6.07, 6.45) is 7.07. The van der Waals surface area contributed by atoms with Gasteiger partial charge in [0.2, 0.25) is 12.1 Å². The second kappa shape index (κ2) is 10.6. The van der Waals surface area contributed by atoms with Gasteiger partial charge in [-0.15, -0.1) is 11.3 Å². The molecule has 3 heterocycles. The van der Waals surface area contributed by atoms with Crippen molar-refractivity contribution in [3.05, 3.63) is 76.2 Å². The van der Waals surface area contributed by atoms with E-state index >= 15 is 0 Å². The number of ketones is 1. The first kappa shape index (κ1) is 23.6. The van der Waals surface area contributed by atoms with Crippen LogP contribution in [0, 0.1) is 0 Å². The molecule has 0 fully saturated rings. The summed E-state index contributed by atoms with van der Waals surface area (Å²) >= 11 is 1.28. The lowest BCUT2D eigenvalue weighted by Crippen LogP contribution is -2.36. The number of ether oxygens (including phenoxy) is 2. The molecular formula is C25H28N3O5S+. The van der Waals surface area contributed by atoms with E-state index in [1.54, 1.807) is 41.7 Å². The van der Waals surface area contributed by atoms with Gasteiger partial charge in [-0.25, -0.2) is 4.57 Å². The van der Waals surface area contributed by atoms with Crippen molar-refractivity contribution >= 4 is 23.0 Å². The molecule has 1 aliphatic heterocycles. The SMILES string of the molecule is CCCOc1ccc(C2C(C(=O)c3cccs3)=C(O)C(=O)N2CCC[n+]2cc[nH]c2)cc1OC. The van der Waals surface area contributed by atoms with Crippen molar-refractivity contribution in [1.29, 1.82) is 0 Å². The lowest BCUT2D eigenvalue weighted by Gasteiger charge is -2.27. The molecule has 0 saturated carbocycles. The molecule has 0 aliphatic carbocycles. The number of methoxy groups -OCH3 is 1. The first-order chi connectivity index (χ1) is 16.5. The summed E-state index contributed by atoms with van der Waals surface area (Å²) in [5.41, 5.74) is 0.762. The number of carbonyl (C=O) groups is 2. The van der Waals surface area contributed by atoms with Crippen LogP contribution in [-0.2, 0) is 11.3 Å². The highest BCUT2D eigenvalue weighted by Crippen LogP contribution is 2.42. The van der Waals surface area contributed by atoms with Crippen LogP contribution >= 0.6 is 11.3 Å². The highest BCUT2D eigenvalue weighted by molar-refractivity contribution is 7.12. The normalized spacial score (nSPS) is 15.8. The molecule has 4 rings (SSSR count). The van der Waals surface area contributed by atoms with Crippen molar-refractivity contribution in [2.45, 2.75) is 32.4 Å². The standard InChI is InChI=1S/C25H27N3O5S/c1-3-13-33-18-8-7-17(15-19(18)32-2)22-21(23(29)20-6-4-14-34-20)24(30)25(31)28(22)11-5-10-27-12-9-26-16-27/h4,6-9,12,14-16,22H,3,5,10-11,13H2,1-2H3,(H,29,30)/p+1. The Morgan fingerprint density at radius 1 is 1.29 bits per heavy atom. The van der Waals surface area contributed by atoms with E-state index < -0.39 is 17.7 Å². The van der Waals surface area contributed by atoms with Gasteiger partial charge in [0.1, 0.15) is 12.4 Å². The maximum absolute atomic E-state index is 13.4. The van der Waals surface area contributed by atoms with Crippen molar-refractivity contribution < 1.29 is 28.7 Å². The fourth-order valence-electron chi connectivity index (χ4n) is 4.07. The minimum absolute atomic E-state index is 0.0889. The number of aliphatic hydroxyl groups excluding tert-OH is 1. The Morgan fingerprint density at radius 2 is 2.15 bits per heavy atom. The van der Waals surface area contributed by atoms with Gasteiger partial charge in [-0.2, -0.15) is 0 Å². The molecule has 1 aromatic carbocycles. The molecule has 2 N–H and O–H groups in total. The summed E-state index contributed by atoms with van der Waals surface area (Å²) in [7, 11) is 1.55. The average molecular weight is 483 g/mol. The summed E-state index contributed by atoms with van der Waals surface area (Å²) in [5.74, 6) is -0.293. The van der Waals surface area contributed by atoms with Crippen molar-refractivity contribution in [3.63, 3.8) is 0 Å². The number of hydrogen-bond donors (Lipinski definition) is 2. The van der Waals surface area contributed by atoms with Crippen LogP contribution in [0.15, 0.2) is 65.8 Å². The largest absolute Gasteiger partial charge is 0.503 e. The molecular weight excluding hydrogens is 454 g/mol. The first-order valence-corrected chi connectivity index (χ1v) is 12.1. The smallest absolute Gasteiger partial charge is 0.290 e. The summed E-state index contributed by atoms with van der Waals surface area (Å²) < 4.78 is 13.3. The molecule has 9 heteroatoms. The Balaban J connectivity index is 1.69. The first-order valence-electron chi connectivity index (χ1n) is 11.2. The third-order valence-electron chi connectivity index (χ3n) is 5.68. The average Bonchev–Trinajstić information content (AvgIpc) is 3.61. The van der Waals surface area contributed by atoms with Crippen LogP contribution in [0.3, 0.4) is 0 Å². The van der Waals surface area contributed by atoms with E-state index in [0.717, 1.165) is 6.42 Å². The van der Waals surface area contributed by atoms with Crippen LogP contribution in [0.2, 0.25) is 0 Å². The number of aromatic nitrogens is 2. The molecule has 8 nitrogen and oxygen atoms in total. The molecule has 3 aromatic rings. The highest BCUT2D eigenvalue weighted by atomic mass is 32.1. The Kier molecular flexibility index (Phi) is 7.32. The second-order valence-corrected chi connectivity index (χ2v) is 8.88. The molecule has 1 unspecified atom stereocenters. The number of nitrogens with zero attached hydrogens (tertiary/aromatic N) is 2. The zero-order valence-corrected chi connectivity index (χ0v) is 20.0. The van der Waals surface area contributed by atoms with Crippen molar-refractivity contribution in [1.82, 2.24) is 9.88 Å². The van der Waals surface area contributed by atoms with Gasteiger partial charge in [-0.1, -0.05) is 19.1 Å². The molecule has 178 valence electrons. The number of aryl methyl sites for hydroxylation is 1. The number of benzene rings is 1. The summed E-state index contributed by atoms with van der Waals surface area (Å²) in [4.78, 5) is 31.5. The predicted octanol–water partition coefficient (Wildman–Crippen LogP) is 3.83. The number of amides is 1. The number of H-pyrrole nitrogens is 1. The van der Waals surface area contributed by atoms with E-state index in [2.05, 4.69) is 4.98 Å². The zero-order valence-electron chi connectivity index (χ0n) is 19.2. The predicted molar refractivity (Wildman–Crippen MR) is 127 cm³/mol. The van der Waals surface area contributed by atoms with Gasteiger partial charge in [0, 0.05) is 13.0 Å². The second-order valence-electron chi connectivity index (χ2n) is 7.93. The third-order valence-corrected chi connectivity index (χ3v) is 6.54. The maximum Gasteiger partial charge on any atom is 0.290 e. The van der Waals surface area contributed by atoms with E-state index in [9.17, 15) is 14.7 Å². The van der Waals surface area contributed by atoms with Crippen LogP contribution in [0.25, 0.3) is 0 Å². The fourth-order valence-corrected chi connectivity index (χ4v) is 4.75. The minimum atomic E-state index is -0.729. The summed E-state index contributed by atoms with van der Waals surface area (Å²) in [6, 6.07) is 8.12. The quantitative estimate of drug-likeness (QED) is 0.320. The number of Topliss-reactive ketones (excluding diaryl/α,β-unsaturated/α-hetero) is 1. The lowest BCUT2D eigenvalue weighted by molar-refractivity contribution is -0.695. The lowest BCUT2D eigenvalue weighted by atomic mass is 9.95. The molecule has 1 aliphatic rings. The Labute approximate surface area is 202 Å². The van der Waals surface area contributed by atoms with Gasteiger partial charge in [0.15, 0.2) is 17.3 Å². The number of hydrogen-bond acceptors (Lipinski definition) is 6. The van der Waals surface area contributed by atoms with Gasteiger partial charge in [0.05, 0.1) is 36.8 Å². The van der Waals surface area contributed by atoms with E-state index in [1.807, 2.05) is 36.3 Å². The number of rotatable bonds is 11. The molecule has 0 bridgehead atoms. The molecule has 2 aromatic heterocycles. The van der Waals surface area contributed by atoms with Crippen LogP contribution < -0.4 is 14.0 Å². The Bertz CT molecular complexity index is 1170. The van der Waals surface area contributed by atoms with Crippen LogP contribution in [0.5, 0.6) is 11.5 Å². The Morgan fingerprint density at radius 3 is 2.82 bits per heavy atom. The number of imidazole rings is 1. The van der Waals surface area contributed by atoms with Crippen molar-refractivity contribution in [2.75, 3.05) is 20.3 Å². The van der Waals surface area contributed by atoms with E-state index in [1.165, 1.54) is 11.3 Å². The van der Waals surface area contributed by atoms with Gasteiger partial charge < -0.3 is 19.5 Å². The molecule has 0 saturated heterocycles. The van der Waals surface area contributed by atoms with E-state index in [0.29, 0.717) is 48.1 Å². The number of thiophene rings is 1. The zero-order chi connectivity index (χ0) is 24.1. The molecule has 1 amide bonds. The van der Waals surface area contributed by atoms with E-state index in [-0.39, 0.29) is 11.4 Å². The molecule has 34 heavy (non-hydrogen) atoms. The van der Waals surface area contributed by atoms with Crippen molar-refractivity contribution in [2.24, 2.45) is 0 Å². The Hall–Kier alpha value is -3.59. The monoisotopic (exact) mass is 482 g/mol. The highest BCUT2D eigenvalue weighted by Gasteiger charge is 2.44. The van der Waals surface area contributed by atoms with Crippen LogP contribution in [0.4, 0.5) is 0 Å². The van der Waals surface area contributed by atoms with Crippen LogP contribution in [0.1, 0.15) is 41.0 Å². The van der Waals surface area contributed by atoms with Crippen molar-refractivity contribution in [3.8, 4) is 11.5 Å². The van der Waals surface area contributed by atoms with Gasteiger partial charge in [-0.05, 0) is 35.6 Å². The number of carbonyl (C=O) groups excluding carboxylic acids is 2. The maximum atomic E-state index is 13.4. The third kappa shape index (κ3) is 4.70. The summed E-state index contributed by atoms with van der Waals surface area (Å²) in [6.45, 7) is 3.61. The summed E-state index contributed by atoms with van der Waals surface area (Å²) in [5, 5.41) is 12.6. The molecule has 0 spiro atoms. The fraction of sp³-hybridized carbons (Fsp3) is 0.320. The number of aromatic amines is 1. The minimum Gasteiger partial charge on any atom is -0.503 e. The number of aliphatic hydroxyl groups is 1. The van der Waals surface area contributed by atoms with Crippen LogP contribution in [-0.4, -0.2) is 46.9 Å².